The Bertz CT molecular complexity index is 484. The summed E-state index contributed by atoms with van der Waals surface area (Å²) < 4.78 is 0. The van der Waals surface area contributed by atoms with Gasteiger partial charge in [0, 0.05) is 6.04 Å². The van der Waals surface area contributed by atoms with Crippen molar-refractivity contribution in [2.75, 3.05) is 29.0 Å². The van der Waals surface area contributed by atoms with E-state index in [0.717, 1.165) is 6.42 Å². The highest BCUT2D eigenvalue weighted by Crippen LogP contribution is 2.26. The third-order valence-corrected chi connectivity index (χ3v) is 2.68. The van der Waals surface area contributed by atoms with Crippen LogP contribution in [-0.4, -0.2) is 29.1 Å². The van der Waals surface area contributed by atoms with Crippen LogP contribution in [0.2, 0.25) is 0 Å². The fraction of sp³-hybridized carbons (Fsp3) is 0.500. The first-order valence-electron chi connectivity index (χ1n) is 5.99. The topological polar surface area (TPSA) is 115 Å². The summed E-state index contributed by atoms with van der Waals surface area (Å²) in [4.78, 5) is 9.66. The molecule has 0 saturated heterocycles. The van der Waals surface area contributed by atoms with Crippen LogP contribution < -0.4 is 16.0 Å². The van der Waals surface area contributed by atoms with Crippen LogP contribution in [0.15, 0.2) is 6.33 Å². The van der Waals surface area contributed by atoms with Gasteiger partial charge in [0.2, 0.25) is 0 Å². The predicted octanol–water partition coefficient (Wildman–Crippen LogP) is 1.12. The van der Waals surface area contributed by atoms with Crippen molar-refractivity contribution in [2.45, 2.75) is 26.3 Å². The van der Waals surface area contributed by atoms with Gasteiger partial charge in [-0.1, -0.05) is 6.92 Å². The Hall–Kier alpha value is -2.54. The summed E-state index contributed by atoms with van der Waals surface area (Å²) in [5.41, 5.74) is 6.35. The number of anilines is 3. The van der Waals surface area contributed by atoms with Crippen LogP contribution in [0.4, 0.5) is 17.3 Å². The standard InChI is InChI=1S/C12H17N7/c1-3-9(2)18-11-10(15)12(17-8-16-11)19(6-4-13)7-5-14/h8-9H,3,6-7,15H2,1-2H3,(H,16,17,18). The van der Waals surface area contributed by atoms with Crippen molar-refractivity contribution in [1.82, 2.24) is 9.97 Å². The Kier molecular flexibility index (Phi) is 5.36. The zero-order valence-electron chi connectivity index (χ0n) is 11.1. The van der Waals surface area contributed by atoms with E-state index in [2.05, 4.69) is 15.3 Å². The third-order valence-electron chi connectivity index (χ3n) is 2.68. The average Bonchev–Trinajstić information content (AvgIpc) is 2.41. The minimum atomic E-state index is 0.0531. The molecule has 0 radical (unpaired) electrons. The Morgan fingerprint density at radius 2 is 2.00 bits per heavy atom. The van der Waals surface area contributed by atoms with Crippen molar-refractivity contribution in [2.24, 2.45) is 0 Å². The predicted molar refractivity (Wildman–Crippen MR) is 73.3 cm³/mol. The van der Waals surface area contributed by atoms with Gasteiger partial charge in [-0.2, -0.15) is 10.5 Å². The number of nitrogens with zero attached hydrogens (tertiary/aromatic N) is 5. The molecule has 1 unspecified atom stereocenters. The molecule has 0 aliphatic rings. The number of nitriles is 2. The second kappa shape index (κ2) is 7.02. The fourth-order valence-electron chi connectivity index (χ4n) is 1.47. The van der Waals surface area contributed by atoms with Gasteiger partial charge in [-0.15, -0.1) is 0 Å². The van der Waals surface area contributed by atoms with Crippen LogP contribution >= 0.6 is 0 Å². The van der Waals surface area contributed by atoms with Crippen LogP contribution in [0, 0.1) is 22.7 Å². The smallest absolute Gasteiger partial charge is 0.159 e. The first-order chi connectivity index (χ1) is 9.13. The Morgan fingerprint density at radius 1 is 1.37 bits per heavy atom. The zero-order chi connectivity index (χ0) is 14.3. The van der Waals surface area contributed by atoms with Crippen molar-refractivity contribution in [1.29, 1.82) is 10.5 Å². The molecule has 1 atom stereocenters. The minimum Gasteiger partial charge on any atom is -0.393 e. The lowest BCUT2D eigenvalue weighted by Gasteiger charge is -2.21. The van der Waals surface area contributed by atoms with Crippen LogP contribution in [0.1, 0.15) is 20.3 Å². The first-order valence-corrected chi connectivity index (χ1v) is 5.99. The summed E-state index contributed by atoms with van der Waals surface area (Å²) in [6, 6.07) is 4.20. The maximum atomic E-state index is 8.77. The molecule has 0 amide bonds. The van der Waals surface area contributed by atoms with Crippen LogP contribution in [0.5, 0.6) is 0 Å². The summed E-state index contributed by atoms with van der Waals surface area (Å²) in [6.45, 7) is 4.17. The quantitative estimate of drug-likeness (QED) is 0.735. The summed E-state index contributed by atoms with van der Waals surface area (Å²) in [7, 11) is 0. The lowest BCUT2D eigenvalue weighted by atomic mass is 10.2. The molecular weight excluding hydrogens is 242 g/mol. The molecule has 0 aliphatic carbocycles. The largest absolute Gasteiger partial charge is 0.393 e. The molecule has 3 N–H and O–H groups in total. The van der Waals surface area contributed by atoms with Gasteiger partial charge >= 0.3 is 0 Å². The van der Waals surface area contributed by atoms with E-state index in [4.69, 9.17) is 16.3 Å². The summed E-state index contributed by atoms with van der Waals surface area (Å²) in [5.74, 6) is 0.934. The number of hydrogen-bond acceptors (Lipinski definition) is 7. The average molecular weight is 259 g/mol. The van der Waals surface area contributed by atoms with Gasteiger partial charge in [-0.05, 0) is 13.3 Å². The Labute approximate surface area is 112 Å². The van der Waals surface area contributed by atoms with Crippen molar-refractivity contribution < 1.29 is 0 Å². The van der Waals surface area contributed by atoms with Crippen molar-refractivity contribution in [3.05, 3.63) is 6.33 Å². The van der Waals surface area contributed by atoms with Crippen LogP contribution in [0.3, 0.4) is 0 Å². The molecule has 0 aliphatic heterocycles. The van der Waals surface area contributed by atoms with Crippen molar-refractivity contribution in [3.8, 4) is 12.1 Å². The molecule has 100 valence electrons. The van der Waals surface area contributed by atoms with E-state index >= 15 is 0 Å². The first kappa shape index (κ1) is 14.5. The molecule has 1 rings (SSSR count). The number of aromatic nitrogens is 2. The molecular formula is C12H17N7. The van der Waals surface area contributed by atoms with Gasteiger partial charge < -0.3 is 16.0 Å². The van der Waals surface area contributed by atoms with E-state index in [1.807, 2.05) is 26.0 Å². The normalized spacial score (nSPS) is 11.2. The zero-order valence-corrected chi connectivity index (χ0v) is 11.1. The fourth-order valence-corrected chi connectivity index (χ4v) is 1.47. The van der Waals surface area contributed by atoms with Crippen LogP contribution in [-0.2, 0) is 0 Å². The van der Waals surface area contributed by atoms with Crippen molar-refractivity contribution >= 4 is 17.3 Å². The molecule has 0 bridgehead atoms. The number of nitrogens with one attached hydrogen (secondary N) is 1. The van der Waals surface area contributed by atoms with E-state index < -0.39 is 0 Å². The highest BCUT2D eigenvalue weighted by molar-refractivity contribution is 5.75. The van der Waals surface area contributed by atoms with Gasteiger partial charge in [0.25, 0.3) is 0 Å². The van der Waals surface area contributed by atoms with Crippen molar-refractivity contribution in [3.63, 3.8) is 0 Å². The number of nitrogens with two attached hydrogens (primary N) is 1. The van der Waals surface area contributed by atoms with E-state index in [1.54, 1.807) is 0 Å². The highest BCUT2D eigenvalue weighted by atomic mass is 15.2. The second-order valence-electron chi connectivity index (χ2n) is 4.09. The molecule has 1 aromatic heterocycles. The van der Waals surface area contributed by atoms with E-state index in [1.165, 1.54) is 11.2 Å². The molecule has 19 heavy (non-hydrogen) atoms. The molecule has 0 saturated carbocycles. The number of hydrogen-bond donors (Lipinski definition) is 2. The molecule has 7 heteroatoms. The van der Waals surface area contributed by atoms with Gasteiger partial charge in [-0.25, -0.2) is 9.97 Å². The molecule has 1 aromatic rings. The van der Waals surface area contributed by atoms with Crippen LogP contribution in [0.25, 0.3) is 0 Å². The highest BCUT2D eigenvalue weighted by Gasteiger charge is 2.15. The lowest BCUT2D eigenvalue weighted by Crippen LogP contribution is -2.27. The SMILES string of the molecule is CCC(C)Nc1ncnc(N(CC#N)CC#N)c1N. The second-order valence-corrected chi connectivity index (χ2v) is 4.09. The summed E-state index contributed by atoms with van der Waals surface area (Å²) >= 11 is 0. The Balaban J connectivity index is 3.05. The number of nitrogen functional groups attached to an aromatic ring is 1. The van der Waals surface area contributed by atoms with Gasteiger partial charge in [0.05, 0.1) is 12.1 Å². The van der Waals surface area contributed by atoms with Gasteiger partial charge in [0.1, 0.15) is 25.1 Å². The van der Waals surface area contributed by atoms with Gasteiger partial charge in [0.15, 0.2) is 11.6 Å². The van der Waals surface area contributed by atoms with E-state index in [-0.39, 0.29) is 19.1 Å². The monoisotopic (exact) mass is 259 g/mol. The molecule has 0 fully saturated rings. The summed E-state index contributed by atoms with van der Waals surface area (Å²) in [6.07, 6.45) is 2.30. The maximum Gasteiger partial charge on any atom is 0.159 e. The molecule has 0 aromatic carbocycles. The lowest BCUT2D eigenvalue weighted by molar-refractivity contribution is 0.758. The molecule has 7 nitrogen and oxygen atoms in total. The number of rotatable bonds is 6. The van der Waals surface area contributed by atoms with Gasteiger partial charge in [-0.3, -0.25) is 0 Å². The van der Waals surface area contributed by atoms with E-state index in [9.17, 15) is 0 Å². The minimum absolute atomic E-state index is 0.0531. The molecule has 0 spiro atoms. The molecule has 1 heterocycles. The summed E-state index contributed by atoms with van der Waals surface area (Å²) in [5, 5.41) is 20.7. The van der Waals surface area contributed by atoms with E-state index in [0.29, 0.717) is 17.3 Å². The third kappa shape index (κ3) is 3.71. The Morgan fingerprint density at radius 3 is 2.53 bits per heavy atom. The maximum absolute atomic E-state index is 8.77.